The molecule has 2 aromatic rings. The molecule has 0 spiro atoms. The van der Waals surface area contributed by atoms with Gasteiger partial charge >= 0.3 is 6.03 Å². The monoisotopic (exact) mass is 502 g/mol. The van der Waals surface area contributed by atoms with Gasteiger partial charge in [0.25, 0.3) is 6.43 Å². The van der Waals surface area contributed by atoms with Gasteiger partial charge in [0.1, 0.15) is 6.17 Å². The lowest BCUT2D eigenvalue weighted by atomic mass is 9.99. The molecule has 1 saturated heterocycles. The van der Waals surface area contributed by atoms with E-state index in [1.54, 1.807) is 0 Å². The molecule has 3 atom stereocenters. The van der Waals surface area contributed by atoms with E-state index < -0.39 is 64.5 Å². The zero-order chi connectivity index (χ0) is 24.6. The summed E-state index contributed by atoms with van der Waals surface area (Å²) in [6.07, 6.45) is -4.92. The van der Waals surface area contributed by atoms with E-state index in [1.807, 2.05) is 0 Å². The number of amides is 2. The highest BCUT2D eigenvalue weighted by Crippen LogP contribution is 2.34. The second-order valence-electron chi connectivity index (χ2n) is 7.97. The van der Waals surface area contributed by atoms with Gasteiger partial charge in [-0.1, -0.05) is 12.1 Å². The molecular formula is C21H22F4N4O4S. The number of nitrogens with one attached hydrogen (secondary N) is 2. The number of aromatic nitrogens is 1. The van der Waals surface area contributed by atoms with Crippen LogP contribution >= 0.6 is 0 Å². The van der Waals surface area contributed by atoms with E-state index in [0.29, 0.717) is 0 Å². The van der Waals surface area contributed by atoms with E-state index in [2.05, 4.69) is 15.0 Å². The number of carbonyl (C=O) groups excluding carboxylic acids is 1. The number of nitrogens with zero attached hydrogens (tertiary/aromatic N) is 2. The number of urea groups is 1. The standard InChI is InChI=1S/C21H22F4N4O4S/c1-2-34(31,32)28-18-14(22)10-29-15(18)8-11-4-3-5-16(17(11)23)33-20-13(19(24)25)7-6-12(27-20)9-26-21(29)30/h3-7,14-15,18-19,28H,2,8-10H2,1H3,(H,26,30)/t14-,15-,18-/m0/s1. The summed E-state index contributed by atoms with van der Waals surface area (Å²) in [5.74, 6) is -2.10. The fourth-order valence-corrected chi connectivity index (χ4v) is 4.90. The first-order chi connectivity index (χ1) is 16.1. The minimum atomic E-state index is -3.84. The first-order valence-corrected chi connectivity index (χ1v) is 12.2. The largest absolute Gasteiger partial charge is 0.435 e. The SMILES string of the molecule is CCS(=O)(=O)N[C@H]1[C@@H](F)CN2C(=O)NCc3ccc(C(F)F)c(n3)Oc3cccc(c3F)C[C@@H]12. The minimum absolute atomic E-state index is 0.0101. The summed E-state index contributed by atoms with van der Waals surface area (Å²) in [5, 5.41) is 2.53. The number of halogens is 4. The Morgan fingerprint density at radius 2 is 2.06 bits per heavy atom. The summed E-state index contributed by atoms with van der Waals surface area (Å²) in [6.45, 7) is 0.757. The number of sulfonamides is 1. The molecule has 2 aliphatic rings. The van der Waals surface area contributed by atoms with Gasteiger partial charge in [0, 0.05) is 0 Å². The van der Waals surface area contributed by atoms with Crippen LogP contribution in [0.1, 0.15) is 30.2 Å². The van der Waals surface area contributed by atoms with Crippen LogP contribution in [-0.4, -0.2) is 54.9 Å². The number of benzene rings is 1. The highest BCUT2D eigenvalue weighted by Gasteiger charge is 2.46. The first-order valence-electron chi connectivity index (χ1n) is 10.5. The van der Waals surface area contributed by atoms with E-state index in [-0.39, 0.29) is 35.7 Å². The fourth-order valence-electron chi connectivity index (χ4n) is 4.01. The average Bonchev–Trinajstić information content (AvgIpc) is 3.09. The second-order valence-corrected chi connectivity index (χ2v) is 10.0. The maximum Gasteiger partial charge on any atom is 0.318 e. The lowest BCUT2D eigenvalue weighted by molar-refractivity contribution is 0.147. The number of fused-ring (bicyclic) bond motifs is 5. The van der Waals surface area contributed by atoms with Crippen molar-refractivity contribution in [3.63, 3.8) is 0 Å². The highest BCUT2D eigenvalue weighted by atomic mass is 32.2. The third kappa shape index (κ3) is 4.80. The van der Waals surface area contributed by atoms with Gasteiger partial charge in [-0.25, -0.2) is 40.5 Å². The zero-order valence-electron chi connectivity index (χ0n) is 18.0. The molecule has 1 aromatic heterocycles. The molecule has 34 heavy (non-hydrogen) atoms. The quantitative estimate of drug-likeness (QED) is 0.626. The Morgan fingerprint density at radius 1 is 1.29 bits per heavy atom. The Labute approximate surface area is 193 Å². The molecule has 2 aliphatic heterocycles. The van der Waals surface area contributed by atoms with Crippen molar-refractivity contribution in [1.82, 2.24) is 19.9 Å². The zero-order valence-corrected chi connectivity index (χ0v) is 18.8. The van der Waals surface area contributed by atoms with Gasteiger partial charge in [-0.15, -0.1) is 0 Å². The molecule has 0 radical (unpaired) electrons. The molecule has 4 rings (SSSR count). The van der Waals surface area contributed by atoms with Crippen LogP contribution in [0.2, 0.25) is 0 Å². The molecule has 184 valence electrons. The van der Waals surface area contributed by atoms with Crippen LogP contribution in [0.15, 0.2) is 30.3 Å². The van der Waals surface area contributed by atoms with Crippen molar-refractivity contribution in [2.75, 3.05) is 12.3 Å². The maximum absolute atomic E-state index is 15.3. The average molecular weight is 502 g/mol. The van der Waals surface area contributed by atoms with Crippen LogP contribution in [-0.2, 0) is 23.0 Å². The Kier molecular flexibility index (Phi) is 6.67. The summed E-state index contributed by atoms with van der Waals surface area (Å²) in [5.41, 5.74) is -0.409. The third-order valence-electron chi connectivity index (χ3n) is 5.81. The summed E-state index contributed by atoms with van der Waals surface area (Å²) in [7, 11) is -3.84. The van der Waals surface area contributed by atoms with Crippen molar-refractivity contribution in [2.45, 2.75) is 44.6 Å². The van der Waals surface area contributed by atoms with Crippen LogP contribution in [0.3, 0.4) is 0 Å². The molecule has 1 aromatic carbocycles. The Morgan fingerprint density at radius 3 is 2.76 bits per heavy atom. The first kappa shape index (κ1) is 24.2. The number of rotatable bonds is 4. The lowest BCUT2D eigenvalue weighted by Crippen LogP contribution is -2.51. The normalized spacial score (nSPS) is 22.8. The van der Waals surface area contributed by atoms with E-state index in [1.165, 1.54) is 31.2 Å². The highest BCUT2D eigenvalue weighted by molar-refractivity contribution is 7.89. The number of hydrogen-bond acceptors (Lipinski definition) is 5. The molecule has 2 N–H and O–H groups in total. The molecule has 0 saturated carbocycles. The predicted molar refractivity (Wildman–Crippen MR) is 113 cm³/mol. The summed E-state index contributed by atoms with van der Waals surface area (Å²) in [4.78, 5) is 18.0. The van der Waals surface area contributed by atoms with Crippen LogP contribution in [0, 0.1) is 5.82 Å². The van der Waals surface area contributed by atoms with Crippen molar-refractivity contribution in [2.24, 2.45) is 0 Å². The molecular weight excluding hydrogens is 480 g/mol. The molecule has 13 heteroatoms. The van der Waals surface area contributed by atoms with Crippen LogP contribution in [0.5, 0.6) is 11.6 Å². The Hall–Kier alpha value is -2.93. The molecule has 4 bridgehead atoms. The smallest absolute Gasteiger partial charge is 0.318 e. The fraction of sp³-hybridized carbons (Fsp3) is 0.429. The topological polar surface area (TPSA) is 101 Å². The minimum Gasteiger partial charge on any atom is -0.435 e. The van der Waals surface area contributed by atoms with E-state index in [9.17, 15) is 26.4 Å². The number of carbonyl (C=O) groups is 1. The predicted octanol–water partition coefficient (Wildman–Crippen LogP) is 3.05. The maximum atomic E-state index is 15.3. The van der Waals surface area contributed by atoms with Gasteiger partial charge in [-0.05, 0) is 37.1 Å². The molecule has 0 aliphatic carbocycles. The van der Waals surface area contributed by atoms with E-state index in [4.69, 9.17) is 4.74 Å². The summed E-state index contributed by atoms with van der Waals surface area (Å²) < 4.78 is 89.2. The number of alkyl halides is 3. The van der Waals surface area contributed by atoms with Crippen LogP contribution in [0.25, 0.3) is 0 Å². The third-order valence-corrected chi connectivity index (χ3v) is 7.21. The van der Waals surface area contributed by atoms with Crippen LogP contribution < -0.4 is 14.8 Å². The molecule has 0 unspecified atom stereocenters. The van der Waals surface area contributed by atoms with E-state index >= 15 is 4.39 Å². The van der Waals surface area contributed by atoms with Gasteiger partial charge in [0.15, 0.2) is 11.6 Å². The van der Waals surface area contributed by atoms with Gasteiger partial charge < -0.3 is 15.0 Å². The number of ether oxygens (including phenoxy) is 1. The van der Waals surface area contributed by atoms with Gasteiger partial charge in [-0.2, -0.15) is 0 Å². The van der Waals surface area contributed by atoms with Gasteiger partial charge in [0.2, 0.25) is 15.9 Å². The van der Waals surface area contributed by atoms with Crippen molar-refractivity contribution >= 4 is 16.1 Å². The van der Waals surface area contributed by atoms with Crippen molar-refractivity contribution in [3.05, 3.63) is 53.0 Å². The molecule has 1 fully saturated rings. The van der Waals surface area contributed by atoms with Gasteiger partial charge in [-0.3, -0.25) is 0 Å². The Balaban J connectivity index is 1.79. The molecule has 8 nitrogen and oxygen atoms in total. The van der Waals surface area contributed by atoms with Gasteiger partial charge in [0.05, 0.1) is 42.2 Å². The Bertz CT molecular complexity index is 1200. The lowest BCUT2D eigenvalue weighted by Gasteiger charge is -2.28. The number of hydrogen-bond donors (Lipinski definition) is 2. The second kappa shape index (κ2) is 9.37. The van der Waals surface area contributed by atoms with Crippen LogP contribution in [0.4, 0.5) is 22.4 Å². The van der Waals surface area contributed by atoms with Crippen molar-refractivity contribution < 1.29 is 35.5 Å². The van der Waals surface area contributed by atoms with Crippen molar-refractivity contribution in [3.8, 4) is 11.6 Å². The molecule has 2 amide bonds. The van der Waals surface area contributed by atoms with Crippen molar-refractivity contribution in [1.29, 1.82) is 0 Å². The molecule has 3 heterocycles. The summed E-state index contributed by atoms with van der Waals surface area (Å²) in [6, 6.07) is 3.24. The number of pyridine rings is 1. The summed E-state index contributed by atoms with van der Waals surface area (Å²) >= 11 is 0. The van der Waals surface area contributed by atoms with E-state index in [0.717, 1.165) is 11.0 Å².